The average Bonchev–Trinajstić information content (AvgIpc) is 2.87. The number of nitrogens with zero attached hydrogens (tertiary/aromatic N) is 1. The minimum Gasteiger partial charge on any atom is -0.342 e. The number of carbonyl (C=O) groups excluding carboxylic acids is 1. The van der Waals surface area contributed by atoms with Crippen molar-refractivity contribution in [1.29, 1.82) is 0 Å². The first-order chi connectivity index (χ1) is 8.90. The van der Waals surface area contributed by atoms with Gasteiger partial charge in [0.2, 0.25) is 5.91 Å². The molecule has 1 aliphatic carbocycles. The minimum absolute atomic E-state index is 0.0123. The van der Waals surface area contributed by atoms with Gasteiger partial charge in [-0.25, -0.2) is 0 Å². The predicted octanol–water partition coefficient (Wildman–Crippen LogP) is 3.18. The highest BCUT2D eigenvalue weighted by Crippen LogP contribution is 2.42. The molecule has 2 N–H and O–H groups in total. The van der Waals surface area contributed by atoms with E-state index in [1.54, 1.807) is 0 Å². The lowest BCUT2D eigenvalue weighted by Crippen LogP contribution is -2.48. The zero-order valence-corrected chi connectivity index (χ0v) is 13.3. The summed E-state index contributed by atoms with van der Waals surface area (Å²) in [6, 6.07) is 0. The van der Waals surface area contributed by atoms with E-state index in [2.05, 4.69) is 32.6 Å². The largest absolute Gasteiger partial charge is 0.342 e. The molecule has 0 aromatic carbocycles. The van der Waals surface area contributed by atoms with Crippen LogP contribution < -0.4 is 5.73 Å². The standard InChI is InChI=1S/C16H32N2O/c1-5-11-18(13-15(3,4)12-17)14(19)16(6-2)9-7-8-10-16/h5-13,17H2,1-4H3. The summed E-state index contributed by atoms with van der Waals surface area (Å²) in [5.74, 6) is 0.385. The van der Waals surface area contributed by atoms with Crippen LogP contribution in [0.1, 0.15) is 66.2 Å². The van der Waals surface area contributed by atoms with Crippen molar-refractivity contribution in [3.05, 3.63) is 0 Å². The van der Waals surface area contributed by atoms with E-state index in [1.165, 1.54) is 12.8 Å². The minimum atomic E-state index is -0.0696. The number of rotatable bonds is 7. The summed E-state index contributed by atoms with van der Waals surface area (Å²) in [5, 5.41) is 0. The van der Waals surface area contributed by atoms with Crippen LogP contribution in [-0.2, 0) is 4.79 Å². The Morgan fingerprint density at radius 1 is 1.26 bits per heavy atom. The second-order valence-electron chi connectivity index (χ2n) is 6.94. The molecule has 0 radical (unpaired) electrons. The first-order valence-corrected chi connectivity index (χ1v) is 7.90. The van der Waals surface area contributed by atoms with Crippen molar-refractivity contribution >= 4 is 5.91 Å². The number of hydrogen-bond donors (Lipinski definition) is 1. The maximum Gasteiger partial charge on any atom is 0.228 e. The molecule has 0 bridgehead atoms. The Morgan fingerprint density at radius 3 is 2.26 bits per heavy atom. The van der Waals surface area contributed by atoms with Crippen LogP contribution in [0.4, 0.5) is 0 Å². The topological polar surface area (TPSA) is 46.3 Å². The van der Waals surface area contributed by atoms with E-state index in [0.29, 0.717) is 12.5 Å². The molecule has 0 aliphatic heterocycles. The molecule has 112 valence electrons. The van der Waals surface area contributed by atoms with Crippen LogP contribution in [0.2, 0.25) is 0 Å². The van der Waals surface area contributed by atoms with Gasteiger partial charge in [0.25, 0.3) is 0 Å². The summed E-state index contributed by atoms with van der Waals surface area (Å²) in [5.41, 5.74) is 5.77. The second kappa shape index (κ2) is 6.74. The number of nitrogens with two attached hydrogens (primary N) is 1. The van der Waals surface area contributed by atoms with E-state index in [9.17, 15) is 4.79 Å². The van der Waals surface area contributed by atoms with Gasteiger partial charge in [-0.3, -0.25) is 4.79 Å². The molecule has 1 fully saturated rings. The predicted molar refractivity (Wildman–Crippen MR) is 80.9 cm³/mol. The zero-order valence-electron chi connectivity index (χ0n) is 13.3. The smallest absolute Gasteiger partial charge is 0.228 e. The fourth-order valence-corrected chi connectivity index (χ4v) is 3.21. The molecule has 0 heterocycles. The fraction of sp³-hybridized carbons (Fsp3) is 0.938. The molecule has 1 saturated carbocycles. The van der Waals surface area contributed by atoms with Crippen molar-refractivity contribution in [2.24, 2.45) is 16.6 Å². The van der Waals surface area contributed by atoms with Crippen molar-refractivity contribution in [3.63, 3.8) is 0 Å². The lowest BCUT2D eigenvalue weighted by atomic mass is 9.81. The number of carbonyl (C=O) groups is 1. The van der Waals surface area contributed by atoms with Crippen molar-refractivity contribution in [3.8, 4) is 0 Å². The molecule has 3 nitrogen and oxygen atoms in total. The highest BCUT2D eigenvalue weighted by atomic mass is 16.2. The van der Waals surface area contributed by atoms with Crippen LogP contribution in [-0.4, -0.2) is 30.4 Å². The molecule has 0 aromatic rings. The van der Waals surface area contributed by atoms with Gasteiger partial charge in [0.1, 0.15) is 0 Å². The molecule has 19 heavy (non-hydrogen) atoms. The molecule has 1 aliphatic rings. The number of hydrogen-bond acceptors (Lipinski definition) is 2. The average molecular weight is 268 g/mol. The molecule has 0 unspecified atom stereocenters. The zero-order chi connectivity index (χ0) is 14.5. The molecule has 0 spiro atoms. The Morgan fingerprint density at radius 2 is 1.84 bits per heavy atom. The molecule has 3 heteroatoms. The third-order valence-electron chi connectivity index (χ3n) is 4.64. The van der Waals surface area contributed by atoms with Gasteiger partial charge in [-0.2, -0.15) is 0 Å². The van der Waals surface area contributed by atoms with E-state index in [0.717, 1.165) is 38.8 Å². The van der Waals surface area contributed by atoms with Crippen LogP contribution in [0.15, 0.2) is 0 Å². The lowest BCUT2D eigenvalue weighted by Gasteiger charge is -2.38. The van der Waals surface area contributed by atoms with Crippen molar-refractivity contribution in [2.75, 3.05) is 19.6 Å². The molecule has 1 amide bonds. The summed E-state index contributed by atoms with van der Waals surface area (Å²) in [6.45, 7) is 10.9. The van der Waals surface area contributed by atoms with Gasteiger partial charge in [-0.15, -0.1) is 0 Å². The Bertz CT molecular complexity index is 293. The maximum absolute atomic E-state index is 13.0. The first-order valence-electron chi connectivity index (χ1n) is 7.90. The normalized spacial score (nSPS) is 18.6. The second-order valence-corrected chi connectivity index (χ2v) is 6.94. The van der Waals surface area contributed by atoms with E-state index in [4.69, 9.17) is 5.73 Å². The Hall–Kier alpha value is -0.570. The van der Waals surface area contributed by atoms with Gasteiger partial charge < -0.3 is 10.6 Å². The van der Waals surface area contributed by atoms with Crippen molar-refractivity contribution in [2.45, 2.75) is 66.2 Å². The summed E-state index contributed by atoms with van der Waals surface area (Å²) in [4.78, 5) is 15.1. The van der Waals surface area contributed by atoms with E-state index in [-0.39, 0.29) is 10.8 Å². The van der Waals surface area contributed by atoms with Gasteiger partial charge in [-0.1, -0.05) is 40.5 Å². The molecular weight excluding hydrogens is 236 g/mol. The van der Waals surface area contributed by atoms with Gasteiger partial charge in [-0.05, 0) is 37.6 Å². The molecule has 0 atom stereocenters. The highest BCUT2D eigenvalue weighted by Gasteiger charge is 2.42. The summed E-state index contributed by atoms with van der Waals surface area (Å²) >= 11 is 0. The quantitative estimate of drug-likeness (QED) is 0.771. The van der Waals surface area contributed by atoms with Crippen molar-refractivity contribution in [1.82, 2.24) is 4.90 Å². The summed E-state index contributed by atoms with van der Waals surface area (Å²) in [7, 11) is 0. The van der Waals surface area contributed by atoms with Crippen molar-refractivity contribution < 1.29 is 4.79 Å². The monoisotopic (exact) mass is 268 g/mol. The van der Waals surface area contributed by atoms with E-state index in [1.807, 2.05) is 0 Å². The van der Waals surface area contributed by atoms with Gasteiger partial charge >= 0.3 is 0 Å². The molecule has 0 aromatic heterocycles. The Balaban J connectivity index is 2.82. The third kappa shape index (κ3) is 3.95. The van der Waals surface area contributed by atoms with Gasteiger partial charge in [0, 0.05) is 18.5 Å². The molecule has 1 rings (SSSR count). The third-order valence-corrected chi connectivity index (χ3v) is 4.64. The van der Waals surface area contributed by atoms with E-state index < -0.39 is 0 Å². The van der Waals surface area contributed by atoms with Crippen LogP contribution in [0.5, 0.6) is 0 Å². The fourth-order valence-electron chi connectivity index (χ4n) is 3.21. The SMILES string of the molecule is CCCN(CC(C)(C)CN)C(=O)C1(CC)CCCC1. The molecule has 0 saturated heterocycles. The van der Waals surface area contributed by atoms with Gasteiger partial charge in [0.15, 0.2) is 0 Å². The Kier molecular flexibility index (Phi) is 5.84. The Labute approximate surface area is 118 Å². The van der Waals surface area contributed by atoms with Gasteiger partial charge in [0.05, 0.1) is 0 Å². The molecular formula is C16H32N2O. The maximum atomic E-state index is 13.0. The van der Waals surface area contributed by atoms with Crippen LogP contribution in [0.3, 0.4) is 0 Å². The van der Waals surface area contributed by atoms with Crippen LogP contribution >= 0.6 is 0 Å². The number of amides is 1. The highest BCUT2D eigenvalue weighted by molar-refractivity contribution is 5.83. The first kappa shape index (κ1) is 16.5. The summed E-state index contributed by atoms with van der Waals surface area (Å²) in [6.07, 6.45) is 6.57. The van der Waals surface area contributed by atoms with E-state index >= 15 is 0 Å². The lowest BCUT2D eigenvalue weighted by molar-refractivity contribution is -0.143. The van der Waals surface area contributed by atoms with Crippen LogP contribution in [0, 0.1) is 10.8 Å². The van der Waals surface area contributed by atoms with Crippen LogP contribution in [0.25, 0.3) is 0 Å². The summed E-state index contributed by atoms with van der Waals surface area (Å²) < 4.78 is 0.